The minimum atomic E-state index is -3.31. The van der Waals surface area contributed by atoms with Crippen molar-refractivity contribution in [2.45, 2.75) is 12.1 Å². The Morgan fingerprint density at radius 2 is 1.75 bits per heavy atom. The lowest BCUT2D eigenvalue weighted by Gasteiger charge is -2.44. The van der Waals surface area contributed by atoms with Gasteiger partial charge in [0.25, 0.3) is 5.91 Å². The highest BCUT2D eigenvalue weighted by Crippen LogP contribution is 2.28. The van der Waals surface area contributed by atoms with E-state index < -0.39 is 21.9 Å². The Morgan fingerprint density at radius 1 is 1.12 bits per heavy atom. The standard InChI is InChI=1S/C14H19N5O4S/c1-17(2)14(21)19-6-5-18(11-8-24(22,23)9-12(11)19)13(20)10-7-15-3-4-16-10/h3-4,7,11-12H,5-6,8-9H2,1-2H3/t11-,12+/m1/s1. The highest BCUT2D eigenvalue weighted by Gasteiger charge is 2.50. The Kier molecular flexibility index (Phi) is 4.16. The van der Waals surface area contributed by atoms with Crippen LogP contribution in [0, 0.1) is 0 Å². The summed E-state index contributed by atoms with van der Waals surface area (Å²) in [4.78, 5) is 37.4. The van der Waals surface area contributed by atoms with Gasteiger partial charge in [-0.05, 0) is 0 Å². The molecular weight excluding hydrogens is 334 g/mol. The summed E-state index contributed by atoms with van der Waals surface area (Å²) in [5.74, 6) is -0.616. The summed E-state index contributed by atoms with van der Waals surface area (Å²) in [6.45, 7) is 0.561. The molecular formula is C14H19N5O4S. The molecule has 3 heterocycles. The molecule has 130 valence electrons. The lowest BCUT2D eigenvalue weighted by atomic mass is 10.0. The van der Waals surface area contributed by atoms with Crippen molar-refractivity contribution in [1.82, 2.24) is 24.7 Å². The summed E-state index contributed by atoms with van der Waals surface area (Å²) in [7, 11) is -0.0661. The lowest BCUT2D eigenvalue weighted by molar-refractivity contribution is 0.0388. The number of carbonyl (C=O) groups excluding carboxylic acids is 2. The molecule has 0 bridgehead atoms. The number of rotatable bonds is 1. The number of piperazine rings is 1. The van der Waals surface area contributed by atoms with Gasteiger partial charge in [-0.1, -0.05) is 0 Å². The van der Waals surface area contributed by atoms with Crippen molar-refractivity contribution in [3.05, 3.63) is 24.3 Å². The first-order chi connectivity index (χ1) is 11.3. The average molecular weight is 353 g/mol. The predicted octanol–water partition coefficient (Wildman–Crippen LogP) is -0.918. The van der Waals surface area contributed by atoms with Crippen LogP contribution in [0.25, 0.3) is 0 Å². The van der Waals surface area contributed by atoms with E-state index in [9.17, 15) is 18.0 Å². The van der Waals surface area contributed by atoms with Gasteiger partial charge in [-0.15, -0.1) is 0 Å². The van der Waals surface area contributed by atoms with E-state index in [4.69, 9.17) is 0 Å². The maximum absolute atomic E-state index is 12.7. The second-order valence-corrected chi connectivity index (χ2v) is 8.33. The molecule has 0 saturated carbocycles. The fourth-order valence-corrected chi connectivity index (χ4v) is 5.24. The van der Waals surface area contributed by atoms with Gasteiger partial charge >= 0.3 is 6.03 Å². The van der Waals surface area contributed by atoms with E-state index in [2.05, 4.69) is 9.97 Å². The second-order valence-electron chi connectivity index (χ2n) is 6.17. The molecule has 0 unspecified atom stereocenters. The minimum Gasteiger partial charge on any atom is -0.331 e. The van der Waals surface area contributed by atoms with Crippen LogP contribution in [-0.2, 0) is 9.84 Å². The maximum atomic E-state index is 12.7. The number of amides is 3. The van der Waals surface area contributed by atoms with Crippen molar-refractivity contribution in [2.75, 3.05) is 38.7 Å². The van der Waals surface area contributed by atoms with Crippen LogP contribution in [0.3, 0.4) is 0 Å². The van der Waals surface area contributed by atoms with Crippen LogP contribution in [0.5, 0.6) is 0 Å². The smallest absolute Gasteiger partial charge is 0.319 e. The molecule has 2 saturated heterocycles. The molecule has 1 aromatic heterocycles. The first-order valence-electron chi connectivity index (χ1n) is 7.55. The number of sulfone groups is 1. The van der Waals surface area contributed by atoms with Gasteiger partial charge in [0.1, 0.15) is 5.69 Å². The number of hydrogen-bond donors (Lipinski definition) is 0. The zero-order valence-electron chi connectivity index (χ0n) is 13.5. The summed E-state index contributed by atoms with van der Waals surface area (Å²) >= 11 is 0. The molecule has 3 rings (SSSR count). The number of urea groups is 1. The number of carbonyl (C=O) groups is 2. The molecule has 2 atom stereocenters. The van der Waals surface area contributed by atoms with Gasteiger partial charge in [0.05, 0.1) is 29.8 Å². The quantitative estimate of drug-likeness (QED) is 0.647. The van der Waals surface area contributed by atoms with Crippen LogP contribution in [0.4, 0.5) is 4.79 Å². The fourth-order valence-electron chi connectivity index (χ4n) is 3.26. The van der Waals surface area contributed by atoms with Crippen LogP contribution in [0.1, 0.15) is 10.5 Å². The molecule has 2 aliphatic heterocycles. The molecule has 0 N–H and O–H groups in total. The van der Waals surface area contributed by atoms with Crippen LogP contribution < -0.4 is 0 Å². The Labute approximate surface area is 140 Å². The molecule has 2 aliphatic rings. The fraction of sp³-hybridized carbons (Fsp3) is 0.571. The van der Waals surface area contributed by atoms with E-state index in [0.29, 0.717) is 6.54 Å². The van der Waals surface area contributed by atoms with E-state index in [0.717, 1.165) is 0 Å². The lowest BCUT2D eigenvalue weighted by Crippen LogP contribution is -2.63. The molecule has 3 amide bonds. The third-order valence-corrected chi connectivity index (χ3v) is 6.05. The van der Waals surface area contributed by atoms with Crippen molar-refractivity contribution >= 4 is 21.8 Å². The van der Waals surface area contributed by atoms with E-state index in [-0.39, 0.29) is 35.7 Å². The van der Waals surface area contributed by atoms with Crippen molar-refractivity contribution in [2.24, 2.45) is 0 Å². The Hall–Kier alpha value is -2.23. The average Bonchev–Trinajstić information content (AvgIpc) is 2.88. The van der Waals surface area contributed by atoms with Crippen molar-refractivity contribution in [3.63, 3.8) is 0 Å². The van der Waals surface area contributed by atoms with Gasteiger partial charge in [-0.2, -0.15) is 0 Å². The highest BCUT2D eigenvalue weighted by molar-refractivity contribution is 7.91. The first kappa shape index (κ1) is 16.6. The van der Waals surface area contributed by atoms with Gasteiger partial charge < -0.3 is 14.7 Å². The molecule has 10 heteroatoms. The molecule has 9 nitrogen and oxygen atoms in total. The highest BCUT2D eigenvalue weighted by atomic mass is 32.2. The Morgan fingerprint density at radius 3 is 2.33 bits per heavy atom. The molecule has 0 radical (unpaired) electrons. The summed E-state index contributed by atoms with van der Waals surface area (Å²) in [5.41, 5.74) is 0.174. The third kappa shape index (κ3) is 2.93. The van der Waals surface area contributed by atoms with Crippen LogP contribution >= 0.6 is 0 Å². The molecule has 0 aromatic carbocycles. The van der Waals surface area contributed by atoms with Gasteiger partial charge in [0.2, 0.25) is 0 Å². The minimum absolute atomic E-state index is 0.124. The monoisotopic (exact) mass is 353 g/mol. The largest absolute Gasteiger partial charge is 0.331 e. The van der Waals surface area contributed by atoms with Crippen molar-refractivity contribution in [3.8, 4) is 0 Å². The molecule has 0 spiro atoms. The Bertz CT molecular complexity index is 752. The third-order valence-electron chi connectivity index (χ3n) is 4.35. The van der Waals surface area contributed by atoms with Crippen molar-refractivity contribution in [1.29, 1.82) is 0 Å². The zero-order chi connectivity index (χ0) is 17.5. The molecule has 0 aliphatic carbocycles. The molecule has 2 fully saturated rings. The van der Waals surface area contributed by atoms with Gasteiger partial charge in [-0.3, -0.25) is 9.78 Å². The second kappa shape index (κ2) is 6.00. The van der Waals surface area contributed by atoms with Gasteiger partial charge in [0, 0.05) is 39.6 Å². The van der Waals surface area contributed by atoms with Gasteiger partial charge in [-0.25, -0.2) is 18.2 Å². The number of fused-ring (bicyclic) bond motifs is 1. The zero-order valence-corrected chi connectivity index (χ0v) is 14.3. The van der Waals surface area contributed by atoms with E-state index in [1.54, 1.807) is 19.0 Å². The molecule has 1 aromatic rings. The SMILES string of the molecule is CN(C)C(=O)N1CCN(C(=O)c2cnccn2)[C@@H]2CS(=O)(=O)C[C@@H]21. The first-order valence-corrected chi connectivity index (χ1v) is 9.37. The van der Waals surface area contributed by atoms with Crippen molar-refractivity contribution < 1.29 is 18.0 Å². The van der Waals surface area contributed by atoms with Crippen LogP contribution in [0.2, 0.25) is 0 Å². The summed E-state index contributed by atoms with van der Waals surface area (Å²) < 4.78 is 24.2. The Balaban J connectivity index is 1.90. The maximum Gasteiger partial charge on any atom is 0.319 e. The number of hydrogen-bond acceptors (Lipinski definition) is 6. The van der Waals surface area contributed by atoms with Crippen LogP contribution in [-0.4, -0.2) is 95.8 Å². The molecule has 24 heavy (non-hydrogen) atoms. The predicted molar refractivity (Wildman–Crippen MR) is 85.1 cm³/mol. The van der Waals surface area contributed by atoms with E-state index in [1.807, 2.05) is 0 Å². The normalized spacial score (nSPS) is 25.2. The number of nitrogens with zero attached hydrogens (tertiary/aromatic N) is 5. The summed E-state index contributed by atoms with van der Waals surface area (Å²) in [6.07, 6.45) is 4.24. The van der Waals surface area contributed by atoms with Gasteiger partial charge in [0.15, 0.2) is 9.84 Å². The van der Waals surface area contributed by atoms with Crippen LogP contribution in [0.15, 0.2) is 18.6 Å². The number of aromatic nitrogens is 2. The van der Waals surface area contributed by atoms with E-state index in [1.165, 1.54) is 28.4 Å². The van der Waals surface area contributed by atoms with E-state index >= 15 is 0 Å². The topological polar surface area (TPSA) is 104 Å². The summed E-state index contributed by atoms with van der Waals surface area (Å²) in [6, 6.07) is -1.32. The summed E-state index contributed by atoms with van der Waals surface area (Å²) in [5, 5.41) is 0.